The van der Waals surface area contributed by atoms with Gasteiger partial charge in [-0.15, -0.1) is 0 Å². The van der Waals surface area contributed by atoms with E-state index in [0.717, 1.165) is 15.7 Å². The maximum absolute atomic E-state index is 12.6. The number of hydrogen-bond acceptors (Lipinski definition) is 5. The minimum atomic E-state index is -3.42. The Morgan fingerprint density at radius 2 is 1.87 bits per heavy atom. The zero-order valence-electron chi connectivity index (χ0n) is 13.9. The van der Waals surface area contributed by atoms with Gasteiger partial charge in [0.05, 0.1) is 11.9 Å². The van der Waals surface area contributed by atoms with E-state index in [0.29, 0.717) is 5.56 Å². The van der Waals surface area contributed by atoms with Gasteiger partial charge in [0, 0.05) is 50.1 Å². The number of rotatable bonds is 4. The molecule has 1 aromatic heterocycles. The molecule has 0 saturated carbocycles. The van der Waals surface area contributed by atoms with Crippen LogP contribution in [0.2, 0.25) is 0 Å². The predicted molar refractivity (Wildman–Crippen MR) is 86.6 cm³/mol. The number of β-amino-alcohol motifs (C(OH)–C–C–N with tert-alkyl or cyclic N) is 1. The first-order valence-electron chi connectivity index (χ1n) is 7.43. The summed E-state index contributed by atoms with van der Waals surface area (Å²) in [5, 5.41) is 10.1. The van der Waals surface area contributed by atoms with Gasteiger partial charge < -0.3 is 10.0 Å². The van der Waals surface area contributed by atoms with Crippen molar-refractivity contribution in [1.29, 1.82) is 0 Å². The number of aliphatic hydroxyl groups is 1. The van der Waals surface area contributed by atoms with Crippen molar-refractivity contribution in [3.63, 3.8) is 0 Å². The first-order chi connectivity index (χ1) is 10.6. The van der Waals surface area contributed by atoms with Crippen molar-refractivity contribution in [2.45, 2.75) is 20.0 Å². The van der Waals surface area contributed by atoms with Gasteiger partial charge >= 0.3 is 0 Å². The Balaban J connectivity index is 2.13. The maximum atomic E-state index is 12.6. The first-order valence-corrected chi connectivity index (χ1v) is 9.04. The molecule has 1 aliphatic rings. The largest absolute Gasteiger partial charge is 0.391 e. The Morgan fingerprint density at radius 3 is 2.39 bits per heavy atom. The van der Waals surface area contributed by atoms with E-state index in [1.54, 1.807) is 12.1 Å². The van der Waals surface area contributed by atoms with Crippen molar-refractivity contribution in [2.24, 2.45) is 5.92 Å². The van der Waals surface area contributed by atoms with Gasteiger partial charge in [-0.25, -0.2) is 12.7 Å². The average Bonchev–Trinajstić information content (AvgIpc) is 2.77. The number of aliphatic hydroxyl groups excluding tert-OH is 1. The van der Waals surface area contributed by atoms with Gasteiger partial charge in [0.25, 0.3) is 5.91 Å². The molecule has 128 valence electrons. The summed E-state index contributed by atoms with van der Waals surface area (Å²) in [6.45, 7) is 4.00. The molecular formula is C15H23N3O4S. The van der Waals surface area contributed by atoms with Gasteiger partial charge in [-0.05, 0) is 26.0 Å². The van der Waals surface area contributed by atoms with Gasteiger partial charge in [-0.3, -0.25) is 9.78 Å². The standard InChI is InChI=1S/C15H23N3O4S/c1-10-5-12(6-11(2)16-10)15(20)18-7-13(14(19)8-18)9-23(21,22)17(3)4/h5-6,13-14,19H,7-9H2,1-4H3/t13-,14+/m0/s1. The number of amides is 1. The van der Waals surface area contributed by atoms with Crippen LogP contribution in [0.5, 0.6) is 0 Å². The van der Waals surface area contributed by atoms with Crippen LogP contribution in [0.15, 0.2) is 12.1 Å². The van der Waals surface area contributed by atoms with Gasteiger partial charge in [-0.2, -0.15) is 0 Å². The quantitative estimate of drug-likeness (QED) is 0.834. The topological polar surface area (TPSA) is 90.8 Å². The molecule has 23 heavy (non-hydrogen) atoms. The smallest absolute Gasteiger partial charge is 0.254 e. The van der Waals surface area contributed by atoms with Gasteiger partial charge in [0.1, 0.15) is 0 Å². The van der Waals surface area contributed by atoms with E-state index in [2.05, 4.69) is 4.98 Å². The van der Waals surface area contributed by atoms with E-state index in [4.69, 9.17) is 0 Å². The van der Waals surface area contributed by atoms with Gasteiger partial charge in [0.2, 0.25) is 10.0 Å². The second-order valence-corrected chi connectivity index (χ2v) is 8.46. The normalized spacial score (nSPS) is 21.9. The third kappa shape index (κ3) is 4.07. The summed E-state index contributed by atoms with van der Waals surface area (Å²) in [4.78, 5) is 18.3. The third-order valence-electron chi connectivity index (χ3n) is 4.00. The highest BCUT2D eigenvalue weighted by molar-refractivity contribution is 7.89. The lowest BCUT2D eigenvalue weighted by molar-refractivity contribution is 0.0764. The van der Waals surface area contributed by atoms with E-state index < -0.39 is 22.0 Å². The zero-order valence-corrected chi connectivity index (χ0v) is 14.7. The van der Waals surface area contributed by atoms with E-state index >= 15 is 0 Å². The number of carbonyl (C=O) groups excluding carboxylic acids is 1. The van der Waals surface area contributed by atoms with Crippen molar-refractivity contribution in [3.8, 4) is 0 Å². The van der Waals surface area contributed by atoms with E-state index in [1.807, 2.05) is 13.8 Å². The van der Waals surface area contributed by atoms with Gasteiger partial charge in [-0.1, -0.05) is 0 Å². The van der Waals surface area contributed by atoms with Crippen LogP contribution in [0.4, 0.5) is 0 Å². The number of carbonyl (C=O) groups is 1. The van der Waals surface area contributed by atoms with Crippen molar-refractivity contribution < 1.29 is 18.3 Å². The lowest BCUT2D eigenvalue weighted by atomic mass is 10.1. The fourth-order valence-corrected chi connectivity index (χ4v) is 3.91. The van der Waals surface area contributed by atoms with Crippen molar-refractivity contribution in [1.82, 2.24) is 14.2 Å². The summed E-state index contributed by atoms with van der Waals surface area (Å²) in [5.74, 6) is -0.850. The van der Waals surface area contributed by atoms with Crippen LogP contribution >= 0.6 is 0 Å². The molecule has 1 aromatic rings. The molecular weight excluding hydrogens is 318 g/mol. The number of likely N-dealkylation sites (tertiary alicyclic amines) is 1. The maximum Gasteiger partial charge on any atom is 0.254 e. The van der Waals surface area contributed by atoms with Crippen LogP contribution in [0, 0.1) is 19.8 Å². The molecule has 1 aliphatic heterocycles. The average molecular weight is 341 g/mol. The number of pyridine rings is 1. The Bertz CT molecular complexity index is 682. The Hall–Kier alpha value is -1.51. The summed E-state index contributed by atoms with van der Waals surface area (Å²) in [5.41, 5.74) is 2.01. The SMILES string of the molecule is Cc1cc(C(=O)N2C[C@@H](CS(=O)(=O)N(C)C)[C@H](O)C2)cc(C)n1. The molecule has 0 unspecified atom stereocenters. The van der Waals surface area contributed by atoms with Crippen LogP contribution in [-0.4, -0.2) is 72.7 Å². The number of hydrogen-bond donors (Lipinski definition) is 1. The second-order valence-electron chi connectivity index (χ2n) is 6.24. The zero-order chi connectivity index (χ0) is 17.4. The molecule has 1 N–H and O–H groups in total. The summed E-state index contributed by atoms with van der Waals surface area (Å²) in [7, 11) is -0.496. The Kier molecular flexibility index (Phi) is 5.07. The molecule has 0 aliphatic carbocycles. The summed E-state index contributed by atoms with van der Waals surface area (Å²) in [6.07, 6.45) is -0.835. The molecule has 0 radical (unpaired) electrons. The Morgan fingerprint density at radius 1 is 1.30 bits per heavy atom. The molecule has 1 amide bonds. The fourth-order valence-electron chi connectivity index (χ4n) is 2.74. The van der Waals surface area contributed by atoms with Crippen molar-refractivity contribution >= 4 is 15.9 Å². The molecule has 2 heterocycles. The highest BCUT2D eigenvalue weighted by atomic mass is 32.2. The second kappa shape index (κ2) is 6.54. The minimum Gasteiger partial charge on any atom is -0.391 e. The van der Waals surface area contributed by atoms with Crippen LogP contribution in [-0.2, 0) is 10.0 Å². The van der Waals surface area contributed by atoms with Crippen LogP contribution in [0.3, 0.4) is 0 Å². The molecule has 7 nitrogen and oxygen atoms in total. The highest BCUT2D eigenvalue weighted by Crippen LogP contribution is 2.22. The molecule has 0 bridgehead atoms. The van der Waals surface area contributed by atoms with Crippen LogP contribution in [0.25, 0.3) is 0 Å². The predicted octanol–water partition coefficient (Wildman–Crippen LogP) is 0.0227. The highest BCUT2D eigenvalue weighted by Gasteiger charge is 2.37. The number of aromatic nitrogens is 1. The third-order valence-corrected chi connectivity index (χ3v) is 5.97. The van der Waals surface area contributed by atoms with Gasteiger partial charge in [0.15, 0.2) is 0 Å². The van der Waals surface area contributed by atoms with E-state index in [1.165, 1.54) is 19.0 Å². The number of sulfonamides is 1. The lowest BCUT2D eigenvalue weighted by Gasteiger charge is -2.18. The van der Waals surface area contributed by atoms with Crippen LogP contribution < -0.4 is 0 Å². The fraction of sp³-hybridized carbons (Fsp3) is 0.600. The summed E-state index contributed by atoms with van der Waals surface area (Å²) >= 11 is 0. The Labute approximate surface area is 137 Å². The molecule has 1 saturated heterocycles. The molecule has 0 aromatic carbocycles. The molecule has 2 rings (SSSR count). The monoisotopic (exact) mass is 341 g/mol. The summed E-state index contributed by atoms with van der Waals surface area (Å²) < 4.78 is 25.1. The van der Waals surface area contributed by atoms with Crippen LogP contribution in [0.1, 0.15) is 21.7 Å². The van der Waals surface area contributed by atoms with E-state index in [9.17, 15) is 18.3 Å². The summed E-state index contributed by atoms with van der Waals surface area (Å²) in [6, 6.07) is 3.40. The number of aryl methyl sites for hydroxylation is 2. The molecule has 0 spiro atoms. The lowest BCUT2D eigenvalue weighted by Crippen LogP contribution is -2.33. The molecule has 2 atom stereocenters. The van der Waals surface area contributed by atoms with Crippen molar-refractivity contribution in [2.75, 3.05) is 32.9 Å². The molecule has 8 heteroatoms. The molecule has 1 fully saturated rings. The van der Waals surface area contributed by atoms with Crippen molar-refractivity contribution in [3.05, 3.63) is 29.1 Å². The number of nitrogens with zero attached hydrogens (tertiary/aromatic N) is 3. The minimum absolute atomic E-state index is 0.146. The van der Waals surface area contributed by atoms with E-state index in [-0.39, 0.29) is 24.7 Å². The first kappa shape index (κ1) is 17.8.